The number of hydrogen-bond acceptors (Lipinski definition) is 8. The first-order valence-electron chi connectivity index (χ1n) is 10.3. The lowest BCUT2D eigenvalue weighted by atomic mass is 9.86. The second kappa shape index (κ2) is 7.10. The molecule has 0 aromatic heterocycles. The molecule has 160 valence electrons. The van der Waals surface area contributed by atoms with Gasteiger partial charge in [0, 0.05) is 17.3 Å². The third-order valence-corrected chi connectivity index (χ3v) is 6.22. The number of amides is 1. The Morgan fingerprint density at radius 3 is 3.13 bits per heavy atom. The number of guanidine groups is 1. The molecule has 1 amide bonds. The average molecular weight is 422 g/mol. The molecule has 4 heterocycles. The Labute approximate surface area is 179 Å². The Morgan fingerprint density at radius 2 is 2.29 bits per heavy atom. The molecule has 0 saturated carbocycles. The first kappa shape index (κ1) is 19.6. The molecule has 1 aromatic carbocycles. The van der Waals surface area contributed by atoms with Crippen LogP contribution < -0.4 is 10.6 Å². The van der Waals surface area contributed by atoms with Crippen LogP contribution in [0.15, 0.2) is 45.7 Å². The first-order chi connectivity index (χ1) is 14.9. The smallest absolute Gasteiger partial charge is 0.301 e. The molecular formula is C21H24N7O3+. The van der Waals surface area contributed by atoms with Gasteiger partial charge in [0.2, 0.25) is 5.91 Å². The molecule has 5 rings (SSSR count). The lowest BCUT2D eigenvalue weighted by Crippen LogP contribution is -2.55. The maximum atomic E-state index is 12.2. The van der Waals surface area contributed by atoms with Crippen molar-refractivity contribution in [3.63, 3.8) is 0 Å². The molecule has 0 aliphatic carbocycles. The highest BCUT2D eigenvalue weighted by Crippen LogP contribution is 2.39. The maximum Gasteiger partial charge on any atom is 0.301 e. The van der Waals surface area contributed by atoms with E-state index in [9.17, 15) is 9.59 Å². The Morgan fingerprint density at radius 1 is 1.42 bits per heavy atom. The highest BCUT2D eigenvalue weighted by atomic mass is 16.5. The van der Waals surface area contributed by atoms with Crippen LogP contribution in [0, 0.1) is 5.92 Å². The van der Waals surface area contributed by atoms with Gasteiger partial charge in [0.05, 0.1) is 31.3 Å². The average Bonchev–Trinajstić information content (AvgIpc) is 3.42. The van der Waals surface area contributed by atoms with Gasteiger partial charge in [-0.25, -0.2) is 0 Å². The number of rotatable bonds is 5. The van der Waals surface area contributed by atoms with Gasteiger partial charge in [-0.05, 0) is 47.8 Å². The van der Waals surface area contributed by atoms with Crippen LogP contribution in [0.4, 0.5) is 11.4 Å². The van der Waals surface area contributed by atoms with Crippen LogP contribution in [-0.4, -0.2) is 59.8 Å². The van der Waals surface area contributed by atoms with Crippen LogP contribution >= 0.6 is 0 Å². The first-order valence-corrected chi connectivity index (χ1v) is 10.3. The van der Waals surface area contributed by atoms with E-state index in [1.54, 1.807) is 12.4 Å². The van der Waals surface area contributed by atoms with Crippen LogP contribution in [0.1, 0.15) is 25.8 Å². The number of hydrogen-bond donors (Lipinski definition) is 2. The molecule has 1 saturated heterocycles. The fourth-order valence-electron chi connectivity index (χ4n) is 4.42. The van der Waals surface area contributed by atoms with Crippen molar-refractivity contribution >= 4 is 41.8 Å². The van der Waals surface area contributed by atoms with E-state index in [1.807, 2.05) is 38.2 Å². The number of quaternary nitrogens is 1. The molecule has 10 nitrogen and oxygen atoms in total. The van der Waals surface area contributed by atoms with E-state index in [0.29, 0.717) is 24.9 Å². The zero-order valence-corrected chi connectivity index (χ0v) is 17.4. The van der Waals surface area contributed by atoms with Crippen molar-refractivity contribution in [2.75, 3.05) is 30.3 Å². The number of carbonyl (C=O) groups is 2. The van der Waals surface area contributed by atoms with Crippen molar-refractivity contribution < 1.29 is 19.0 Å². The largest absolute Gasteiger partial charge is 0.468 e. The summed E-state index contributed by atoms with van der Waals surface area (Å²) in [7, 11) is 0. The molecule has 10 heteroatoms. The van der Waals surface area contributed by atoms with E-state index in [4.69, 9.17) is 9.84 Å². The predicted molar refractivity (Wildman–Crippen MR) is 116 cm³/mol. The summed E-state index contributed by atoms with van der Waals surface area (Å²) in [5.41, 5.74) is 2.01. The number of nitrogens with zero attached hydrogens (tertiary/aromatic N) is 5. The SMILES string of the molecule is CC1(C)C(=O)Nc2cc(NC3=N[N+]4(N5CCC(COC=O)C5)C=CN=CC4=N3)ccc21. The molecule has 4 aliphatic heterocycles. The highest BCUT2D eigenvalue weighted by molar-refractivity contribution is 6.30. The molecule has 1 fully saturated rings. The molecule has 2 atom stereocenters. The van der Waals surface area contributed by atoms with Gasteiger partial charge in [-0.1, -0.05) is 6.07 Å². The summed E-state index contributed by atoms with van der Waals surface area (Å²) in [6.45, 7) is 6.23. The molecule has 2 N–H and O–H groups in total. The Balaban J connectivity index is 1.39. The minimum atomic E-state index is -0.546. The molecule has 31 heavy (non-hydrogen) atoms. The normalized spacial score (nSPS) is 27.9. The van der Waals surface area contributed by atoms with Gasteiger partial charge in [-0.15, -0.1) is 10.0 Å². The van der Waals surface area contributed by atoms with Crippen LogP contribution in [0.2, 0.25) is 0 Å². The fraction of sp³-hybridized carbons (Fsp3) is 0.381. The second-order valence-corrected chi connectivity index (χ2v) is 8.58. The van der Waals surface area contributed by atoms with Crippen molar-refractivity contribution in [2.45, 2.75) is 25.7 Å². The maximum absolute atomic E-state index is 12.2. The van der Waals surface area contributed by atoms with Gasteiger partial charge in [0.15, 0.2) is 6.20 Å². The molecule has 4 aliphatic rings. The number of carbonyl (C=O) groups excluding carboxylic acids is 2. The van der Waals surface area contributed by atoms with E-state index in [-0.39, 0.29) is 16.5 Å². The van der Waals surface area contributed by atoms with Crippen LogP contribution in [0.3, 0.4) is 0 Å². The summed E-state index contributed by atoms with van der Waals surface area (Å²) < 4.78 is 5.06. The molecule has 0 bridgehead atoms. The second-order valence-electron chi connectivity index (χ2n) is 8.58. The van der Waals surface area contributed by atoms with Crippen LogP contribution in [-0.2, 0) is 19.7 Å². The minimum absolute atomic E-state index is 0.0109. The molecule has 2 unspecified atom stereocenters. The molecular weight excluding hydrogens is 398 g/mol. The standard InChI is InChI=1S/C21H23N7O3/c1-21(2)16-4-3-15(9-17(16)24-19(21)30)23-20-25-18-10-22-6-8-28(18,26-20)27-7-5-14(11-27)12-31-13-29/h3-4,6,8-10,13-14H,5,7,11-12H2,1-2H3,(H-,23,24,26,30)/p+1. The summed E-state index contributed by atoms with van der Waals surface area (Å²) >= 11 is 0. The van der Waals surface area contributed by atoms with E-state index in [0.717, 1.165) is 36.4 Å². The number of ether oxygens (including phenoxy) is 1. The van der Waals surface area contributed by atoms with Crippen molar-refractivity contribution in [3.05, 3.63) is 36.2 Å². The van der Waals surface area contributed by atoms with E-state index in [2.05, 4.69) is 25.6 Å². The summed E-state index contributed by atoms with van der Waals surface area (Å²) in [5, 5.41) is 13.2. The third kappa shape index (κ3) is 3.15. The number of anilines is 2. The number of amidine groups is 1. The van der Waals surface area contributed by atoms with Gasteiger partial charge in [0.25, 0.3) is 12.4 Å². The van der Waals surface area contributed by atoms with Gasteiger partial charge < -0.3 is 15.4 Å². The Bertz CT molecular complexity index is 1070. The molecule has 0 spiro atoms. The predicted octanol–water partition coefficient (Wildman–Crippen LogP) is 1.79. The monoisotopic (exact) mass is 422 g/mol. The van der Waals surface area contributed by atoms with Crippen molar-refractivity contribution in [2.24, 2.45) is 21.0 Å². The Hall–Kier alpha value is -3.37. The number of fused-ring (bicyclic) bond motifs is 2. The lowest BCUT2D eigenvalue weighted by Gasteiger charge is -2.31. The van der Waals surface area contributed by atoms with Gasteiger partial charge in [-0.3, -0.25) is 14.6 Å². The number of nitrogens with one attached hydrogen (secondary N) is 2. The van der Waals surface area contributed by atoms with E-state index >= 15 is 0 Å². The zero-order valence-electron chi connectivity index (χ0n) is 17.4. The summed E-state index contributed by atoms with van der Waals surface area (Å²) in [6, 6.07) is 5.78. The molecule has 0 radical (unpaired) electrons. The minimum Gasteiger partial charge on any atom is -0.468 e. The van der Waals surface area contributed by atoms with E-state index < -0.39 is 5.41 Å². The van der Waals surface area contributed by atoms with Crippen molar-refractivity contribution in [3.8, 4) is 0 Å². The third-order valence-electron chi connectivity index (χ3n) is 6.22. The van der Waals surface area contributed by atoms with Gasteiger partial charge in [0.1, 0.15) is 6.21 Å². The quantitative estimate of drug-likeness (QED) is 0.556. The van der Waals surface area contributed by atoms with Gasteiger partial charge >= 0.3 is 5.84 Å². The van der Waals surface area contributed by atoms with E-state index in [1.165, 1.54) is 0 Å². The van der Waals surface area contributed by atoms with Crippen molar-refractivity contribution in [1.29, 1.82) is 0 Å². The van der Waals surface area contributed by atoms with Crippen LogP contribution in [0.25, 0.3) is 0 Å². The van der Waals surface area contributed by atoms with Crippen molar-refractivity contribution in [1.82, 2.24) is 5.01 Å². The summed E-state index contributed by atoms with van der Waals surface area (Å²) in [6.07, 6.45) is 6.22. The fourth-order valence-corrected chi connectivity index (χ4v) is 4.42. The van der Waals surface area contributed by atoms with Gasteiger partial charge in [-0.2, -0.15) is 0 Å². The highest BCUT2D eigenvalue weighted by Gasteiger charge is 2.49. The Kier molecular flexibility index (Phi) is 4.49. The topological polar surface area (TPSA) is 108 Å². The summed E-state index contributed by atoms with van der Waals surface area (Å²) in [5.74, 6) is 1.40. The number of aliphatic imine (C=N–C) groups is 2. The number of benzene rings is 1. The van der Waals surface area contributed by atoms with Crippen LogP contribution in [0.5, 0.6) is 0 Å². The molecule has 1 aromatic rings. The summed E-state index contributed by atoms with van der Waals surface area (Å²) in [4.78, 5) is 31.6. The lowest BCUT2D eigenvalue weighted by molar-refractivity contribution is -0.915. The zero-order chi connectivity index (χ0) is 21.6.